The lowest BCUT2D eigenvalue weighted by molar-refractivity contribution is -0.387. The number of hydrogen-bond acceptors (Lipinski definition) is 4. The number of halogens is 2. The van der Waals surface area contributed by atoms with E-state index in [0.717, 1.165) is 19.3 Å². The van der Waals surface area contributed by atoms with Crippen molar-refractivity contribution in [2.75, 3.05) is 6.26 Å². The number of carbonyl (C=O) groups is 1. The van der Waals surface area contributed by atoms with Gasteiger partial charge in [0.15, 0.2) is 0 Å². The second-order valence-corrected chi connectivity index (χ2v) is 6.02. The standard InChI is InChI=1S/C13H14F2N2O3S/c1-21-9-3-2-8(6-9)16-13(18)10-4-7(14)5-11(12(10)15)17(19)20/h4-5,8-9H,2-3,6H2,1H3,(H,16,18). The van der Waals surface area contributed by atoms with Crippen LogP contribution >= 0.6 is 11.8 Å². The zero-order valence-corrected chi connectivity index (χ0v) is 12.1. The molecule has 1 amide bonds. The average Bonchev–Trinajstić information content (AvgIpc) is 2.88. The lowest BCUT2D eigenvalue weighted by Crippen LogP contribution is -2.33. The predicted molar refractivity (Wildman–Crippen MR) is 75.4 cm³/mol. The van der Waals surface area contributed by atoms with E-state index in [1.807, 2.05) is 6.26 Å². The van der Waals surface area contributed by atoms with Gasteiger partial charge in [-0.25, -0.2) is 4.39 Å². The van der Waals surface area contributed by atoms with E-state index in [1.54, 1.807) is 11.8 Å². The van der Waals surface area contributed by atoms with Crippen molar-refractivity contribution in [3.05, 3.63) is 39.4 Å². The molecule has 2 unspecified atom stereocenters. The zero-order chi connectivity index (χ0) is 15.6. The molecule has 5 nitrogen and oxygen atoms in total. The van der Waals surface area contributed by atoms with Crippen LogP contribution in [0.2, 0.25) is 0 Å². The van der Waals surface area contributed by atoms with Crippen molar-refractivity contribution in [3.8, 4) is 0 Å². The second kappa shape index (κ2) is 6.38. The molecule has 1 aliphatic rings. The van der Waals surface area contributed by atoms with Gasteiger partial charge in [-0.3, -0.25) is 14.9 Å². The maximum Gasteiger partial charge on any atom is 0.308 e. The van der Waals surface area contributed by atoms with Crippen LogP contribution in [0, 0.1) is 21.7 Å². The highest BCUT2D eigenvalue weighted by Crippen LogP contribution is 2.29. The smallest absolute Gasteiger partial charge is 0.308 e. The van der Waals surface area contributed by atoms with Gasteiger partial charge in [-0.2, -0.15) is 16.2 Å². The number of benzene rings is 1. The van der Waals surface area contributed by atoms with Gasteiger partial charge in [-0.05, 0) is 31.6 Å². The van der Waals surface area contributed by atoms with Crippen LogP contribution in [0.25, 0.3) is 0 Å². The number of nitrogens with one attached hydrogen (secondary N) is 1. The molecule has 0 spiro atoms. The molecule has 1 saturated carbocycles. The number of hydrogen-bond donors (Lipinski definition) is 1. The van der Waals surface area contributed by atoms with Gasteiger partial charge in [-0.15, -0.1) is 0 Å². The number of nitro benzene ring substituents is 1. The van der Waals surface area contributed by atoms with Crippen LogP contribution in [0.1, 0.15) is 29.6 Å². The Balaban J connectivity index is 2.18. The molecule has 0 heterocycles. The first-order valence-electron chi connectivity index (χ1n) is 6.39. The van der Waals surface area contributed by atoms with E-state index in [4.69, 9.17) is 0 Å². The molecule has 0 radical (unpaired) electrons. The highest BCUT2D eigenvalue weighted by atomic mass is 32.2. The summed E-state index contributed by atoms with van der Waals surface area (Å²) in [7, 11) is 0. The number of amides is 1. The fraction of sp³-hybridized carbons (Fsp3) is 0.462. The molecule has 1 N–H and O–H groups in total. The fourth-order valence-electron chi connectivity index (χ4n) is 2.42. The van der Waals surface area contributed by atoms with Gasteiger partial charge in [0.25, 0.3) is 5.91 Å². The minimum Gasteiger partial charge on any atom is -0.349 e. The molecule has 1 aromatic rings. The van der Waals surface area contributed by atoms with E-state index < -0.39 is 33.7 Å². The summed E-state index contributed by atoms with van der Waals surface area (Å²) in [5.74, 6) is -3.14. The highest BCUT2D eigenvalue weighted by molar-refractivity contribution is 7.99. The molecule has 1 fully saturated rings. The number of carbonyl (C=O) groups excluding carboxylic acids is 1. The Kier molecular flexibility index (Phi) is 4.76. The maximum absolute atomic E-state index is 13.9. The predicted octanol–water partition coefficient (Wildman–Crippen LogP) is 2.89. The molecular formula is C13H14F2N2O3S. The summed E-state index contributed by atoms with van der Waals surface area (Å²) in [4.78, 5) is 21.6. The summed E-state index contributed by atoms with van der Waals surface area (Å²) in [6.07, 6.45) is 4.44. The van der Waals surface area contributed by atoms with E-state index in [1.165, 1.54) is 0 Å². The van der Waals surface area contributed by atoms with Gasteiger partial charge >= 0.3 is 5.69 Å². The van der Waals surface area contributed by atoms with Crippen molar-refractivity contribution in [1.82, 2.24) is 5.32 Å². The minimum atomic E-state index is -1.31. The molecule has 0 aliphatic heterocycles. The fourth-order valence-corrected chi connectivity index (χ4v) is 3.22. The summed E-state index contributed by atoms with van der Waals surface area (Å²) in [6.45, 7) is 0. The normalized spacial score (nSPS) is 21.3. The van der Waals surface area contributed by atoms with Crippen LogP contribution in [0.4, 0.5) is 14.5 Å². The molecule has 2 atom stereocenters. The molecule has 8 heteroatoms. The van der Waals surface area contributed by atoms with E-state index in [-0.39, 0.29) is 6.04 Å². The van der Waals surface area contributed by atoms with Crippen LogP contribution in [-0.2, 0) is 0 Å². The molecule has 0 bridgehead atoms. The van der Waals surface area contributed by atoms with Crippen LogP contribution < -0.4 is 5.32 Å². The van der Waals surface area contributed by atoms with Crippen LogP contribution in [0.5, 0.6) is 0 Å². The SMILES string of the molecule is CSC1CCC(NC(=O)c2cc(F)cc([N+](=O)[O-])c2F)C1. The quantitative estimate of drug-likeness (QED) is 0.685. The van der Waals surface area contributed by atoms with Crippen molar-refractivity contribution >= 4 is 23.4 Å². The van der Waals surface area contributed by atoms with E-state index in [9.17, 15) is 23.7 Å². The third kappa shape index (κ3) is 3.49. The molecule has 21 heavy (non-hydrogen) atoms. The van der Waals surface area contributed by atoms with E-state index in [0.29, 0.717) is 17.4 Å². The van der Waals surface area contributed by atoms with Crippen molar-refractivity contribution in [2.45, 2.75) is 30.6 Å². The third-order valence-corrected chi connectivity index (χ3v) is 4.61. The van der Waals surface area contributed by atoms with Gasteiger partial charge in [0.1, 0.15) is 5.82 Å². The molecule has 2 rings (SSSR count). The Hall–Kier alpha value is -1.70. The maximum atomic E-state index is 13.9. The molecule has 0 saturated heterocycles. The zero-order valence-electron chi connectivity index (χ0n) is 11.3. The molecule has 0 aromatic heterocycles. The molecule has 1 aromatic carbocycles. The number of nitro groups is 1. The Morgan fingerprint density at radius 1 is 1.43 bits per heavy atom. The summed E-state index contributed by atoms with van der Waals surface area (Å²) < 4.78 is 27.2. The summed E-state index contributed by atoms with van der Waals surface area (Å²) >= 11 is 1.70. The minimum absolute atomic E-state index is 0.114. The van der Waals surface area contributed by atoms with Gasteiger partial charge < -0.3 is 5.32 Å². The lowest BCUT2D eigenvalue weighted by Gasteiger charge is -2.13. The Bertz CT molecular complexity index is 583. The third-order valence-electron chi connectivity index (χ3n) is 3.51. The Morgan fingerprint density at radius 3 is 2.71 bits per heavy atom. The van der Waals surface area contributed by atoms with Crippen molar-refractivity contribution in [1.29, 1.82) is 0 Å². The number of rotatable bonds is 4. The first-order valence-corrected chi connectivity index (χ1v) is 7.68. The first-order chi connectivity index (χ1) is 9.92. The molecular weight excluding hydrogens is 302 g/mol. The Labute approximate surface area is 124 Å². The first kappa shape index (κ1) is 15.7. The van der Waals surface area contributed by atoms with Crippen LogP contribution in [-0.4, -0.2) is 28.4 Å². The van der Waals surface area contributed by atoms with Crippen molar-refractivity contribution < 1.29 is 18.5 Å². The number of thioether (sulfide) groups is 1. The van der Waals surface area contributed by atoms with Gasteiger partial charge in [0.2, 0.25) is 5.82 Å². The van der Waals surface area contributed by atoms with Crippen molar-refractivity contribution in [3.63, 3.8) is 0 Å². The average molecular weight is 316 g/mol. The van der Waals surface area contributed by atoms with Gasteiger partial charge in [0, 0.05) is 11.3 Å². The van der Waals surface area contributed by atoms with E-state index >= 15 is 0 Å². The molecule has 1 aliphatic carbocycles. The second-order valence-electron chi connectivity index (χ2n) is 4.88. The topological polar surface area (TPSA) is 72.2 Å². The van der Waals surface area contributed by atoms with Gasteiger partial charge in [-0.1, -0.05) is 0 Å². The summed E-state index contributed by atoms with van der Waals surface area (Å²) in [5.41, 5.74) is -1.66. The summed E-state index contributed by atoms with van der Waals surface area (Å²) in [6, 6.07) is 1.03. The van der Waals surface area contributed by atoms with Crippen LogP contribution in [0.15, 0.2) is 12.1 Å². The van der Waals surface area contributed by atoms with E-state index in [2.05, 4.69) is 5.32 Å². The lowest BCUT2D eigenvalue weighted by atomic mass is 10.1. The monoisotopic (exact) mass is 316 g/mol. The number of nitrogens with zero attached hydrogens (tertiary/aromatic N) is 1. The highest BCUT2D eigenvalue weighted by Gasteiger charge is 2.29. The van der Waals surface area contributed by atoms with Gasteiger partial charge in [0.05, 0.1) is 16.6 Å². The molecule has 114 valence electrons. The summed E-state index contributed by atoms with van der Waals surface area (Å²) in [5, 5.41) is 13.7. The largest absolute Gasteiger partial charge is 0.349 e. The Morgan fingerprint density at radius 2 is 2.14 bits per heavy atom. The van der Waals surface area contributed by atoms with Crippen molar-refractivity contribution in [2.24, 2.45) is 0 Å². The van der Waals surface area contributed by atoms with Crippen LogP contribution in [0.3, 0.4) is 0 Å².